The molecule has 0 aromatic heterocycles. The standard InChI is InChI=1S/C18H34N2O2/c1-5-22-15-13-18(19,17(15,2)3)16(21)20(4)12-11-14-9-7-6-8-10-14/h14-15H,5-13,19H2,1-4H3. The zero-order valence-electron chi connectivity index (χ0n) is 14.9. The molecule has 2 saturated carbocycles. The summed E-state index contributed by atoms with van der Waals surface area (Å²) in [5, 5.41) is 0. The molecule has 2 atom stereocenters. The van der Waals surface area contributed by atoms with Crippen LogP contribution in [0, 0.1) is 11.3 Å². The molecule has 2 N–H and O–H groups in total. The van der Waals surface area contributed by atoms with Gasteiger partial charge in [0.15, 0.2) is 0 Å². The van der Waals surface area contributed by atoms with Crippen LogP contribution in [-0.4, -0.2) is 42.6 Å². The Morgan fingerprint density at radius 3 is 2.45 bits per heavy atom. The van der Waals surface area contributed by atoms with Gasteiger partial charge in [0.1, 0.15) is 5.54 Å². The Morgan fingerprint density at radius 2 is 1.91 bits per heavy atom. The lowest BCUT2D eigenvalue weighted by molar-refractivity contribution is -0.178. The fourth-order valence-corrected chi connectivity index (χ4v) is 4.09. The van der Waals surface area contributed by atoms with Gasteiger partial charge >= 0.3 is 0 Å². The minimum absolute atomic E-state index is 0.0873. The minimum Gasteiger partial charge on any atom is -0.378 e. The average molecular weight is 310 g/mol. The molecule has 4 nitrogen and oxygen atoms in total. The van der Waals surface area contributed by atoms with Gasteiger partial charge in [-0.15, -0.1) is 0 Å². The molecule has 1 amide bonds. The van der Waals surface area contributed by atoms with Crippen LogP contribution in [0.5, 0.6) is 0 Å². The maximum atomic E-state index is 12.8. The van der Waals surface area contributed by atoms with Crippen LogP contribution in [0.15, 0.2) is 0 Å². The van der Waals surface area contributed by atoms with Crippen molar-refractivity contribution in [3.05, 3.63) is 0 Å². The van der Waals surface area contributed by atoms with Crippen molar-refractivity contribution in [2.24, 2.45) is 17.1 Å². The van der Waals surface area contributed by atoms with Crippen molar-refractivity contribution >= 4 is 5.91 Å². The molecule has 0 spiro atoms. The van der Waals surface area contributed by atoms with Gasteiger partial charge < -0.3 is 15.4 Å². The van der Waals surface area contributed by atoms with Gasteiger partial charge in [0, 0.05) is 32.0 Å². The van der Waals surface area contributed by atoms with E-state index >= 15 is 0 Å². The van der Waals surface area contributed by atoms with Crippen LogP contribution >= 0.6 is 0 Å². The van der Waals surface area contributed by atoms with Crippen molar-refractivity contribution in [2.75, 3.05) is 20.2 Å². The van der Waals surface area contributed by atoms with E-state index in [2.05, 4.69) is 13.8 Å². The lowest BCUT2D eigenvalue weighted by atomic mass is 9.54. The maximum absolute atomic E-state index is 12.8. The number of nitrogens with zero attached hydrogens (tertiary/aromatic N) is 1. The van der Waals surface area contributed by atoms with Crippen LogP contribution in [0.3, 0.4) is 0 Å². The highest BCUT2D eigenvalue weighted by molar-refractivity contribution is 5.88. The Kier molecular flexibility index (Phi) is 5.54. The summed E-state index contributed by atoms with van der Waals surface area (Å²) in [6.07, 6.45) is 8.59. The molecule has 2 aliphatic rings. The first-order chi connectivity index (χ1) is 10.3. The molecule has 0 aromatic rings. The van der Waals surface area contributed by atoms with Gasteiger partial charge in [0.2, 0.25) is 5.91 Å². The second-order valence-corrected chi connectivity index (χ2v) is 7.86. The molecule has 0 heterocycles. The molecule has 22 heavy (non-hydrogen) atoms. The number of rotatable bonds is 6. The Hall–Kier alpha value is -0.610. The highest BCUT2D eigenvalue weighted by Gasteiger charge is 2.63. The predicted octanol–water partition coefficient (Wildman–Crippen LogP) is 2.95. The number of nitrogens with two attached hydrogens (primary N) is 1. The van der Waals surface area contributed by atoms with E-state index in [1.807, 2.05) is 18.9 Å². The van der Waals surface area contributed by atoms with Crippen molar-refractivity contribution in [3.8, 4) is 0 Å². The summed E-state index contributed by atoms with van der Waals surface area (Å²) in [7, 11) is 1.91. The average Bonchev–Trinajstić information content (AvgIpc) is 2.52. The summed E-state index contributed by atoms with van der Waals surface area (Å²) >= 11 is 0. The van der Waals surface area contributed by atoms with Crippen molar-refractivity contribution in [2.45, 2.75) is 77.4 Å². The number of hydrogen-bond donors (Lipinski definition) is 1. The largest absolute Gasteiger partial charge is 0.378 e. The lowest BCUT2D eigenvalue weighted by Gasteiger charge is -2.58. The molecule has 2 unspecified atom stereocenters. The minimum atomic E-state index is -0.770. The van der Waals surface area contributed by atoms with E-state index in [0.29, 0.717) is 13.0 Å². The monoisotopic (exact) mass is 310 g/mol. The second-order valence-electron chi connectivity index (χ2n) is 7.86. The number of carbonyl (C=O) groups excluding carboxylic acids is 1. The zero-order chi connectivity index (χ0) is 16.4. The topological polar surface area (TPSA) is 55.6 Å². The van der Waals surface area contributed by atoms with Gasteiger partial charge in [-0.1, -0.05) is 46.0 Å². The van der Waals surface area contributed by atoms with E-state index in [1.165, 1.54) is 32.1 Å². The number of likely N-dealkylation sites (N-methyl/N-ethyl adjacent to an activating group) is 1. The van der Waals surface area contributed by atoms with Crippen molar-refractivity contribution in [1.82, 2.24) is 4.90 Å². The predicted molar refractivity (Wildman–Crippen MR) is 89.6 cm³/mol. The molecule has 128 valence electrons. The Labute approximate surface area is 135 Å². The maximum Gasteiger partial charge on any atom is 0.243 e. The quantitative estimate of drug-likeness (QED) is 0.820. The summed E-state index contributed by atoms with van der Waals surface area (Å²) < 4.78 is 5.72. The Bertz CT molecular complexity index is 391. The molecule has 2 fully saturated rings. The Balaban J connectivity index is 1.87. The van der Waals surface area contributed by atoms with Gasteiger partial charge in [-0.05, 0) is 19.3 Å². The molecule has 0 aromatic carbocycles. The van der Waals surface area contributed by atoms with E-state index < -0.39 is 5.54 Å². The zero-order valence-corrected chi connectivity index (χ0v) is 14.9. The summed E-state index contributed by atoms with van der Waals surface area (Å²) in [5.74, 6) is 0.882. The van der Waals surface area contributed by atoms with Crippen molar-refractivity contribution in [1.29, 1.82) is 0 Å². The molecule has 2 rings (SSSR count). The second kappa shape index (κ2) is 6.88. The third-order valence-corrected chi connectivity index (χ3v) is 6.16. The van der Waals surface area contributed by atoms with Crippen molar-refractivity contribution < 1.29 is 9.53 Å². The van der Waals surface area contributed by atoms with E-state index in [-0.39, 0.29) is 17.4 Å². The van der Waals surface area contributed by atoms with Gasteiger partial charge in [0.05, 0.1) is 6.10 Å². The van der Waals surface area contributed by atoms with Crippen LogP contribution in [0.4, 0.5) is 0 Å². The van der Waals surface area contributed by atoms with Gasteiger partial charge in [0.25, 0.3) is 0 Å². The summed E-state index contributed by atoms with van der Waals surface area (Å²) in [5.41, 5.74) is 5.42. The highest BCUT2D eigenvalue weighted by atomic mass is 16.5. The molecule has 0 saturated heterocycles. The number of amides is 1. The number of ether oxygens (including phenoxy) is 1. The van der Waals surface area contributed by atoms with Crippen LogP contribution in [0.25, 0.3) is 0 Å². The first-order valence-electron chi connectivity index (χ1n) is 8.99. The fraction of sp³-hybridized carbons (Fsp3) is 0.944. The fourth-order valence-electron chi connectivity index (χ4n) is 4.09. The van der Waals surface area contributed by atoms with Gasteiger partial charge in [-0.2, -0.15) is 0 Å². The normalized spacial score (nSPS) is 31.6. The lowest BCUT2D eigenvalue weighted by Crippen LogP contribution is -2.75. The van der Waals surface area contributed by atoms with Crippen LogP contribution in [0.2, 0.25) is 0 Å². The molecule has 0 radical (unpaired) electrons. The number of hydrogen-bond acceptors (Lipinski definition) is 3. The first-order valence-corrected chi connectivity index (χ1v) is 8.99. The third-order valence-electron chi connectivity index (χ3n) is 6.16. The molecular weight excluding hydrogens is 276 g/mol. The van der Waals surface area contributed by atoms with E-state index in [4.69, 9.17) is 10.5 Å². The SMILES string of the molecule is CCOC1CC(N)(C(=O)N(C)CCC2CCCCC2)C1(C)C. The van der Waals surface area contributed by atoms with E-state index in [0.717, 1.165) is 18.9 Å². The van der Waals surface area contributed by atoms with Crippen LogP contribution in [0.1, 0.15) is 65.7 Å². The van der Waals surface area contributed by atoms with E-state index in [9.17, 15) is 4.79 Å². The smallest absolute Gasteiger partial charge is 0.243 e. The van der Waals surface area contributed by atoms with E-state index in [1.54, 1.807) is 0 Å². The summed E-state index contributed by atoms with van der Waals surface area (Å²) in [6.45, 7) is 7.62. The number of carbonyl (C=O) groups is 1. The first kappa shape index (κ1) is 17.7. The van der Waals surface area contributed by atoms with Gasteiger partial charge in [-0.3, -0.25) is 4.79 Å². The molecule has 0 aliphatic heterocycles. The third kappa shape index (κ3) is 3.18. The highest BCUT2D eigenvalue weighted by Crippen LogP contribution is 2.50. The summed E-state index contributed by atoms with van der Waals surface area (Å²) in [4.78, 5) is 14.7. The van der Waals surface area contributed by atoms with Crippen molar-refractivity contribution in [3.63, 3.8) is 0 Å². The van der Waals surface area contributed by atoms with Crippen LogP contribution in [-0.2, 0) is 9.53 Å². The molecular formula is C18H34N2O2. The summed E-state index contributed by atoms with van der Waals surface area (Å²) in [6, 6.07) is 0. The molecule has 0 bridgehead atoms. The van der Waals surface area contributed by atoms with Crippen LogP contribution < -0.4 is 5.73 Å². The van der Waals surface area contributed by atoms with Gasteiger partial charge in [-0.25, -0.2) is 0 Å². The molecule has 4 heteroatoms. The Morgan fingerprint density at radius 1 is 1.27 bits per heavy atom. The molecule has 2 aliphatic carbocycles.